The lowest BCUT2D eigenvalue weighted by molar-refractivity contribution is -0.143. The molecule has 0 amide bonds. The molecule has 2 aromatic carbocycles. The summed E-state index contributed by atoms with van der Waals surface area (Å²) in [4.78, 5) is 14.1. The number of esters is 1. The molecule has 4 nitrogen and oxygen atoms in total. The minimum atomic E-state index is -0.241. The van der Waals surface area contributed by atoms with Gasteiger partial charge in [-0.3, -0.25) is 4.79 Å². The summed E-state index contributed by atoms with van der Waals surface area (Å²) in [6, 6.07) is 15.6. The molecule has 0 unspecified atom stereocenters. The Hall–Kier alpha value is -2.49. The maximum atomic E-state index is 12.1. The van der Waals surface area contributed by atoms with E-state index in [0.29, 0.717) is 13.2 Å². The number of methoxy groups -OCH3 is 1. The van der Waals surface area contributed by atoms with Gasteiger partial charge in [0, 0.05) is 18.3 Å². The van der Waals surface area contributed by atoms with Gasteiger partial charge in [0.2, 0.25) is 0 Å². The van der Waals surface area contributed by atoms with Crippen molar-refractivity contribution in [2.45, 2.75) is 20.5 Å². The average molecular weight is 313 g/mol. The van der Waals surface area contributed by atoms with Crippen molar-refractivity contribution in [2.24, 2.45) is 0 Å². The second-order valence-corrected chi connectivity index (χ2v) is 5.31. The first kappa shape index (κ1) is 16.9. The number of carbonyl (C=O) groups is 1. The molecule has 2 rings (SSSR count). The van der Waals surface area contributed by atoms with Crippen molar-refractivity contribution >= 4 is 11.7 Å². The summed E-state index contributed by atoms with van der Waals surface area (Å²) < 4.78 is 10.7. The van der Waals surface area contributed by atoms with Crippen molar-refractivity contribution in [3.8, 4) is 5.75 Å². The highest BCUT2D eigenvalue weighted by molar-refractivity contribution is 5.76. The van der Waals surface area contributed by atoms with Gasteiger partial charge in [0.15, 0.2) is 0 Å². The van der Waals surface area contributed by atoms with Crippen LogP contribution in [-0.2, 0) is 16.1 Å². The molecule has 0 spiro atoms. The van der Waals surface area contributed by atoms with Crippen LogP contribution in [0, 0.1) is 6.92 Å². The van der Waals surface area contributed by atoms with Crippen molar-refractivity contribution in [1.82, 2.24) is 0 Å². The smallest absolute Gasteiger partial charge is 0.325 e. The third-order valence-corrected chi connectivity index (χ3v) is 3.70. The number of hydrogen-bond donors (Lipinski definition) is 0. The van der Waals surface area contributed by atoms with Gasteiger partial charge < -0.3 is 14.4 Å². The molecule has 0 aliphatic carbocycles. The molecular formula is C19H23NO3. The summed E-state index contributed by atoms with van der Waals surface area (Å²) in [6.07, 6.45) is 0. The second-order valence-electron chi connectivity index (χ2n) is 5.31. The SMILES string of the molecule is CCN(CC(=O)OCc1ccccc1)c1ccc(C)c(OC)c1. The number of ether oxygens (including phenoxy) is 2. The van der Waals surface area contributed by atoms with Crippen LogP contribution in [0.3, 0.4) is 0 Å². The molecule has 0 saturated heterocycles. The predicted octanol–water partition coefficient (Wildman–Crippen LogP) is 3.57. The predicted molar refractivity (Wildman–Crippen MR) is 91.9 cm³/mol. The highest BCUT2D eigenvalue weighted by Gasteiger charge is 2.13. The van der Waals surface area contributed by atoms with Crippen LogP contribution in [0.1, 0.15) is 18.1 Å². The van der Waals surface area contributed by atoms with E-state index in [1.807, 2.05) is 67.3 Å². The zero-order valence-corrected chi connectivity index (χ0v) is 13.9. The topological polar surface area (TPSA) is 38.8 Å². The Labute approximate surface area is 137 Å². The Balaban J connectivity index is 1.97. The van der Waals surface area contributed by atoms with Gasteiger partial charge >= 0.3 is 5.97 Å². The van der Waals surface area contributed by atoms with E-state index >= 15 is 0 Å². The number of hydrogen-bond acceptors (Lipinski definition) is 4. The summed E-state index contributed by atoms with van der Waals surface area (Å²) in [5.74, 6) is 0.578. The third-order valence-electron chi connectivity index (χ3n) is 3.70. The van der Waals surface area contributed by atoms with Gasteiger partial charge in [0.25, 0.3) is 0 Å². The molecule has 2 aromatic rings. The summed E-state index contributed by atoms with van der Waals surface area (Å²) in [5.41, 5.74) is 3.01. The van der Waals surface area contributed by atoms with Crippen LogP contribution in [0.2, 0.25) is 0 Å². The summed E-state index contributed by atoms with van der Waals surface area (Å²) in [5, 5.41) is 0. The van der Waals surface area contributed by atoms with Crippen LogP contribution in [0.15, 0.2) is 48.5 Å². The molecule has 23 heavy (non-hydrogen) atoms. The van der Waals surface area contributed by atoms with Gasteiger partial charge in [-0.2, -0.15) is 0 Å². The van der Waals surface area contributed by atoms with E-state index in [1.54, 1.807) is 7.11 Å². The standard InChI is InChI=1S/C19H23NO3/c1-4-20(17-11-10-15(2)18(12-17)22-3)13-19(21)23-14-16-8-6-5-7-9-16/h5-12H,4,13-14H2,1-3H3. The van der Waals surface area contributed by atoms with E-state index in [9.17, 15) is 4.79 Å². The summed E-state index contributed by atoms with van der Waals surface area (Å²) in [6.45, 7) is 5.24. The molecular weight excluding hydrogens is 290 g/mol. The van der Waals surface area contributed by atoms with Crippen molar-refractivity contribution in [3.63, 3.8) is 0 Å². The van der Waals surface area contributed by atoms with Crippen LogP contribution < -0.4 is 9.64 Å². The van der Waals surface area contributed by atoms with Crippen LogP contribution >= 0.6 is 0 Å². The lowest BCUT2D eigenvalue weighted by Crippen LogP contribution is -2.30. The first-order valence-electron chi connectivity index (χ1n) is 7.73. The van der Waals surface area contributed by atoms with Crippen molar-refractivity contribution in [2.75, 3.05) is 25.1 Å². The normalized spacial score (nSPS) is 10.2. The Morgan fingerprint density at radius 1 is 1.13 bits per heavy atom. The fourth-order valence-corrected chi connectivity index (χ4v) is 2.33. The lowest BCUT2D eigenvalue weighted by atomic mass is 10.2. The summed E-state index contributed by atoms with van der Waals surface area (Å²) >= 11 is 0. The maximum absolute atomic E-state index is 12.1. The Morgan fingerprint density at radius 2 is 1.87 bits per heavy atom. The highest BCUT2D eigenvalue weighted by Crippen LogP contribution is 2.24. The molecule has 0 aromatic heterocycles. The molecule has 0 N–H and O–H groups in total. The number of nitrogens with zero attached hydrogens (tertiary/aromatic N) is 1. The van der Waals surface area contributed by atoms with Gasteiger partial charge in [-0.25, -0.2) is 0 Å². The van der Waals surface area contributed by atoms with E-state index in [4.69, 9.17) is 9.47 Å². The van der Waals surface area contributed by atoms with Gasteiger partial charge in [-0.15, -0.1) is 0 Å². The maximum Gasteiger partial charge on any atom is 0.325 e. The Bertz CT molecular complexity index is 640. The van der Waals surface area contributed by atoms with Gasteiger partial charge in [-0.05, 0) is 31.0 Å². The van der Waals surface area contributed by atoms with Crippen LogP contribution in [0.5, 0.6) is 5.75 Å². The number of aryl methyl sites for hydroxylation is 1. The van der Waals surface area contributed by atoms with Crippen LogP contribution in [0.25, 0.3) is 0 Å². The van der Waals surface area contributed by atoms with Gasteiger partial charge in [-0.1, -0.05) is 36.4 Å². The molecule has 0 atom stereocenters. The van der Waals surface area contributed by atoms with Crippen LogP contribution in [-0.4, -0.2) is 26.2 Å². The van der Waals surface area contributed by atoms with E-state index in [-0.39, 0.29) is 12.5 Å². The molecule has 0 fully saturated rings. The first-order chi connectivity index (χ1) is 11.1. The molecule has 4 heteroatoms. The lowest BCUT2D eigenvalue weighted by Gasteiger charge is -2.23. The molecule has 122 valence electrons. The second kappa shape index (κ2) is 8.22. The molecule has 0 aliphatic heterocycles. The van der Waals surface area contributed by atoms with Crippen molar-refractivity contribution < 1.29 is 14.3 Å². The fraction of sp³-hybridized carbons (Fsp3) is 0.316. The van der Waals surface area contributed by atoms with Crippen molar-refractivity contribution in [1.29, 1.82) is 0 Å². The molecule has 0 radical (unpaired) electrons. The third kappa shape index (κ3) is 4.74. The highest BCUT2D eigenvalue weighted by atomic mass is 16.5. The quantitative estimate of drug-likeness (QED) is 0.733. The zero-order valence-electron chi connectivity index (χ0n) is 13.9. The monoisotopic (exact) mass is 313 g/mol. The Morgan fingerprint density at radius 3 is 2.52 bits per heavy atom. The minimum absolute atomic E-state index is 0.218. The van der Waals surface area contributed by atoms with E-state index in [2.05, 4.69) is 0 Å². The van der Waals surface area contributed by atoms with E-state index in [0.717, 1.165) is 22.6 Å². The van der Waals surface area contributed by atoms with E-state index < -0.39 is 0 Å². The zero-order chi connectivity index (χ0) is 16.7. The average Bonchev–Trinajstić information content (AvgIpc) is 2.59. The summed E-state index contributed by atoms with van der Waals surface area (Å²) in [7, 11) is 1.65. The Kier molecular flexibility index (Phi) is 6.03. The molecule has 0 bridgehead atoms. The number of rotatable bonds is 7. The van der Waals surface area contributed by atoms with E-state index in [1.165, 1.54) is 0 Å². The molecule has 0 saturated carbocycles. The molecule has 0 aliphatic rings. The first-order valence-corrected chi connectivity index (χ1v) is 7.73. The number of carbonyl (C=O) groups excluding carboxylic acids is 1. The molecule has 0 heterocycles. The van der Waals surface area contributed by atoms with Crippen LogP contribution in [0.4, 0.5) is 5.69 Å². The number of benzene rings is 2. The van der Waals surface area contributed by atoms with Gasteiger partial charge in [0.05, 0.1) is 7.11 Å². The fourth-order valence-electron chi connectivity index (χ4n) is 2.33. The number of anilines is 1. The van der Waals surface area contributed by atoms with Gasteiger partial charge in [0.1, 0.15) is 18.9 Å². The number of likely N-dealkylation sites (N-methyl/N-ethyl adjacent to an activating group) is 1. The largest absolute Gasteiger partial charge is 0.496 e. The van der Waals surface area contributed by atoms with Crippen molar-refractivity contribution in [3.05, 3.63) is 59.7 Å². The minimum Gasteiger partial charge on any atom is -0.496 e.